The summed E-state index contributed by atoms with van der Waals surface area (Å²) in [6.45, 7) is 1.03. The second kappa shape index (κ2) is 5.93. The molecule has 0 aliphatic heterocycles. The van der Waals surface area contributed by atoms with Crippen molar-refractivity contribution in [3.05, 3.63) is 35.1 Å². The van der Waals surface area contributed by atoms with Crippen LogP contribution in [0.3, 0.4) is 0 Å². The van der Waals surface area contributed by atoms with E-state index in [1.807, 2.05) is 14.1 Å². The van der Waals surface area contributed by atoms with E-state index in [1.54, 1.807) is 0 Å². The predicted molar refractivity (Wildman–Crippen MR) is 73.4 cm³/mol. The summed E-state index contributed by atoms with van der Waals surface area (Å²) in [5.41, 5.74) is -0.655. The van der Waals surface area contributed by atoms with Crippen LogP contribution in [-0.2, 0) is 12.7 Å². The Labute approximate surface area is 122 Å². The SMILES string of the molecule is CN(C)C1(CNCc2ccc(F)c(C(F)(F)F)c2)CCC1. The van der Waals surface area contributed by atoms with Gasteiger partial charge in [0.15, 0.2) is 0 Å². The fourth-order valence-electron chi connectivity index (χ4n) is 2.71. The maximum atomic E-state index is 13.2. The number of halogens is 4. The molecule has 0 aromatic heterocycles. The van der Waals surface area contributed by atoms with Gasteiger partial charge in [0.1, 0.15) is 5.82 Å². The Morgan fingerprint density at radius 1 is 1.24 bits per heavy atom. The van der Waals surface area contributed by atoms with Gasteiger partial charge in [-0.2, -0.15) is 13.2 Å². The molecule has 1 aromatic carbocycles. The molecule has 0 atom stereocenters. The van der Waals surface area contributed by atoms with Gasteiger partial charge in [-0.25, -0.2) is 4.39 Å². The monoisotopic (exact) mass is 304 g/mol. The van der Waals surface area contributed by atoms with Gasteiger partial charge in [-0.05, 0) is 51.1 Å². The third kappa shape index (κ3) is 3.55. The van der Waals surface area contributed by atoms with E-state index in [1.165, 1.54) is 12.5 Å². The number of benzene rings is 1. The number of likely N-dealkylation sites (N-methyl/N-ethyl adjacent to an activating group) is 1. The molecule has 0 radical (unpaired) electrons. The van der Waals surface area contributed by atoms with Crippen LogP contribution in [0.5, 0.6) is 0 Å². The van der Waals surface area contributed by atoms with Crippen molar-refractivity contribution in [1.82, 2.24) is 10.2 Å². The minimum absolute atomic E-state index is 0.104. The smallest absolute Gasteiger partial charge is 0.311 e. The van der Waals surface area contributed by atoms with Crippen molar-refractivity contribution in [2.75, 3.05) is 20.6 Å². The summed E-state index contributed by atoms with van der Waals surface area (Å²) in [6, 6.07) is 3.15. The highest BCUT2D eigenvalue weighted by molar-refractivity contribution is 5.27. The third-order valence-electron chi connectivity index (χ3n) is 4.35. The molecule has 1 aliphatic carbocycles. The van der Waals surface area contributed by atoms with E-state index in [9.17, 15) is 17.6 Å². The van der Waals surface area contributed by atoms with Crippen LogP contribution in [0.1, 0.15) is 30.4 Å². The van der Waals surface area contributed by atoms with Crippen molar-refractivity contribution in [1.29, 1.82) is 0 Å². The predicted octanol–water partition coefficient (Wildman–Crippen LogP) is 3.42. The molecule has 2 nitrogen and oxygen atoms in total. The quantitative estimate of drug-likeness (QED) is 0.839. The molecular formula is C15H20F4N2. The zero-order chi connectivity index (χ0) is 15.7. The summed E-state index contributed by atoms with van der Waals surface area (Å²) < 4.78 is 51.1. The molecular weight excluding hydrogens is 284 g/mol. The second-order valence-corrected chi connectivity index (χ2v) is 5.89. The van der Waals surface area contributed by atoms with E-state index in [-0.39, 0.29) is 5.54 Å². The molecule has 1 N–H and O–H groups in total. The number of nitrogens with one attached hydrogen (secondary N) is 1. The Hall–Kier alpha value is -1.14. The normalized spacial score (nSPS) is 17.9. The van der Waals surface area contributed by atoms with Crippen LogP contribution < -0.4 is 5.32 Å². The topological polar surface area (TPSA) is 15.3 Å². The van der Waals surface area contributed by atoms with Gasteiger partial charge in [0.2, 0.25) is 0 Å². The Morgan fingerprint density at radius 2 is 1.90 bits per heavy atom. The van der Waals surface area contributed by atoms with Gasteiger partial charge in [-0.1, -0.05) is 6.07 Å². The van der Waals surface area contributed by atoms with Gasteiger partial charge in [0.05, 0.1) is 5.56 Å². The van der Waals surface area contributed by atoms with Crippen molar-refractivity contribution in [2.24, 2.45) is 0 Å². The van der Waals surface area contributed by atoms with E-state index in [4.69, 9.17) is 0 Å². The van der Waals surface area contributed by atoms with Crippen LogP contribution >= 0.6 is 0 Å². The van der Waals surface area contributed by atoms with Crippen LogP contribution in [0.25, 0.3) is 0 Å². The Morgan fingerprint density at radius 3 is 2.38 bits per heavy atom. The zero-order valence-electron chi connectivity index (χ0n) is 12.2. The number of rotatable bonds is 5. The molecule has 21 heavy (non-hydrogen) atoms. The molecule has 1 aromatic rings. The average molecular weight is 304 g/mol. The minimum Gasteiger partial charge on any atom is -0.311 e. The van der Waals surface area contributed by atoms with Gasteiger partial charge in [0, 0.05) is 18.6 Å². The average Bonchev–Trinajstić information content (AvgIpc) is 2.32. The van der Waals surface area contributed by atoms with E-state index in [2.05, 4.69) is 10.2 Å². The van der Waals surface area contributed by atoms with Crippen molar-refractivity contribution >= 4 is 0 Å². The van der Waals surface area contributed by atoms with Gasteiger partial charge in [-0.15, -0.1) is 0 Å². The number of nitrogens with zero attached hydrogens (tertiary/aromatic N) is 1. The fraction of sp³-hybridized carbons (Fsp3) is 0.600. The van der Waals surface area contributed by atoms with E-state index in [0.717, 1.165) is 31.5 Å². The number of hydrogen-bond donors (Lipinski definition) is 1. The fourth-order valence-corrected chi connectivity index (χ4v) is 2.71. The molecule has 0 heterocycles. The molecule has 0 spiro atoms. The van der Waals surface area contributed by atoms with Gasteiger partial charge >= 0.3 is 6.18 Å². The number of alkyl halides is 3. The Bertz CT molecular complexity index is 493. The highest BCUT2D eigenvalue weighted by atomic mass is 19.4. The van der Waals surface area contributed by atoms with Crippen molar-refractivity contribution in [3.63, 3.8) is 0 Å². The maximum Gasteiger partial charge on any atom is 0.419 e. The Kier molecular flexibility index (Phi) is 4.58. The lowest BCUT2D eigenvalue weighted by Crippen LogP contribution is -2.56. The van der Waals surface area contributed by atoms with Crippen LogP contribution in [0.4, 0.5) is 17.6 Å². The summed E-state index contributed by atoms with van der Waals surface area (Å²) in [6.07, 6.45) is -1.30. The highest BCUT2D eigenvalue weighted by Gasteiger charge is 2.38. The standard InChI is InChI=1S/C15H20F4N2/c1-21(2)14(6-3-7-14)10-20-9-11-4-5-13(16)12(8-11)15(17,18)19/h4-5,8,20H,3,6-7,9-10H2,1-2H3. The lowest BCUT2D eigenvalue weighted by Gasteiger charge is -2.47. The molecule has 0 amide bonds. The van der Waals surface area contributed by atoms with Crippen molar-refractivity contribution in [3.8, 4) is 0 Å². The van der Waals surface area contributed by atoms with E-state index >= 15 is 0 Å². The molecule has 1 fully saturated rings. The maximum absolute atomic E-state index is 13.2. The zero-order valence-corrected chi connectivity index (χ0v) is 12.2. The third-order valence-corrected chi connectivity index (χ3v) is 4.35. The molecule has 0 bridgehead atoms. The van der Waals surface area contributed by atoms with Gasteiger partial charge in [-0.3, -0.25) is 0 Å². The van der Waals surface area contributed by atoms with E-state index < -0.39 is 17.6 Å². The molecule has 2 rings (SSSR count). The van der Waals surface area contributed by atoms with Crippen molar-refractivity contribution < 1.29 is 17.6 Å². The van der Waals surface area contributed by atoms with Crippen LogP contribution in [0.2, 0.25) is 0 Å². The lowest BCUT2D eigenvalue weighted by molar-refractivity contribution is -0.140. The second-order valence-electron chi connectivity index (χ2n) is 5.89. The van der Waals surface area contributed by atoms with Gasteiger partial charge in [0.25, 0.3) is 0 Å². The summed E-state index contributed by atoms with van der Waals surface area (Å²) in [7, 11) is 4.03. The lowest BCUT2D eigenvalue weighted by atomic mass is 9.75. The number of hydrogen-bond acceptors (Lipinski definition) is 2. The Balaban J connectivity index is 1.98. The molecule has 0 unspecified atom stereocenters. The first-order chi connectivity index (χ1) is 9.74. The van der Waals surface area contributed by atoms with E-state index in [0.29, 0.717) is 12.1 Å². The minimum atomic E-state index is -4.65. The van der Waals surface area contributed by atoms with Crippen molar-refractivity contribution in [2.45, 2.75) is 37.5 Å². The first-order valence-corrected chi connectivity index (χ1v) is 6.98. The summed E-state index contributed by atoms with van der Waals surface area (Å²) in [5, 5.41) is 3.19. The molecule has 6 heteroatoms. The first-order valence-electron chi connectivity index (χ1n) is 6.98. The van der Waals surface area contributed by atoms with Crippen LogP contribution in [0.15, 0.2) is 18.2 Å². The largest absolute Gasteiger partial charge is 0.419 e. The first kappa shape index (κ1) is 16.2. The molecule has 118 valence electrons. The van der Waals surface area contributed by atoms with Gasteiger partial charge < -0.3 is 10.2 Å². The highest BCUT2D eigenvalue weighted by Crippen LogP contribution is 2.35. The van der Waals surface area contributed by atoms with Crippen LogP contribution in [-0.4, -0.2) is 31.1 Å². The molecule has 1 saturated carbocycles. The van der Waals surface area contributed by atoms with Crippen LogP contribution in [0, 0.1) is 5.82 Å². The molecule has 0 saturated heterocycles. The summed E-state index contributed by atoms with van der Waals surface area (Å²) in [5.74, 6) is -1.23. The molecule has 1 aliphatic rings. The summed E-state index contributed by atoms with van der Waals surface area (Å²) in [4.78, 5) is 2.16. The summed E-state index contributed by atoms with van der Waals surface area (Å²) >= 11 is 0.